The average Bonchev–Trinajstić information content (AvgIpc) is 3.15. The fourth-order valence-corrected chi connectivity index (χ4v) is 3.18. The smallest absolute Gasteiger partial charge is 0.273 e. The highest BCUT2D eigenvalue weighted by Crippen LogP contribution is 2.27. The lowest BCUT2D eigenvalue weighted by atomic mass is 10.2. The molecule has 7 nitrogen and oxygen atoms in total. The number of nitrogens with two attached hydrogens (primary N) is 1. The molecule has 0 aliphatic carbocycles. The van der Waals surface area contributed by atoms with Crippen LogP contribution in [0.2, 0.25) is 0 Å². The summed E-state index contributed by atoms with van der Waals surface area (Å²) in [6.45, 7) is 1.19. The van der Waals surface area contributed by atoms with E-state index < -0.39 is 4.92 Å². The van der Waals surface area contributed by atoms with Crippen molar-refractivity contribution in [1.82, 2.24) is 9.88 Å². The summed E-state index contributed by atoms with van der Waals surface area (Å²) < 4.78 is 0. The second-order valence-corrected chi connectivity index (χ2v) is 6.00. The number of aromatic nitrogens is 1. The number of hydrogen-bond acceptors (Lipinski definition) is 6. The summed E-state index contributed by atoms with van der Waals surface area (Å²) in [6.07, 6.45) is 0.799. The Hall–Kier alpha value is -2.03. The average molecular weight is 355 g/mol. The number of nitrogens with zero attached hydrogens (tertiary/aromatic N) is 3. The summed E-state index contributed by atoms with van der Waals surface area (Å²) in [4.78, 5) is 28.7. The molecule has 23 heavy (non-hydrogen) atoms. The molecular formula is C14H15ClN4O3S. The molecule has 2 aromatic rings. The number of rotatable bonds is 3. The van der Waals surface area contributed by atoms with Crippen molar-refractivity contribution in [3.8, 4) is 10.6 Å². The molecule has 0 unspecified atom stereocenters. The van der Waals surface area contributed by atoms with E-state index in [1.807, 2.05) is 0 Å². The zero-order valence-electron chi connectivity index (χ0n) is 12.0. The number of nitro groups is 1. The van der Waals surface area contributed by atoms with Gasteiger partial charge in [0.15, 0.2) is 0 Å². The van der Waals surface area contributed by atoms with Gasteiger partial charge in [0, 0.05) is 42.2 Å². The van der Waals surface area contributed by atoms with E-state index in [0.717, 1.165) is 6.42 Å². The molecule has 1 aromatic carbocycles. The van der Waals surface area contributed by atoms with Crippen LogP contribution in [0.1, 0.15) is 16.9 Å². The number of carbonyl (C=O) groups excluding carboxylic acids is 1. The number of likely N-dealkylation sites (tertiary alicyclic amines) is 1. The molecule has 1 atom stereocenters. The Morgan fingerprint density at radius 1 is 1.48 bits per heavy atom. The van der Waals surface area contributed by atoms with Crippen molar-refractivity contribution in [2.24, 2.45) is 5.73 Å². The van der Waals surface area contributed by atoms with Crippen molar-refractivity contribution < 1.29 is 9.72 Å². The predicted octanol–water partition coefficient (Wildman–Crippen LogP) is 2.31. The van der Waals surface area contributed by atoms with Gasteiger partial charge in [0.1, 0.15) is 10.7 Å². The van der Waals surface area contributed by atoms with E-state index in [1.165, 1.54) is 23.5 Å². The van der Waals surface area contributed by atoms with Gasteiger partial charge in [-0.05, 0) is 6.42 Å². The Kier molecular flexibility index (Phi) is 5.30. The third-order valence-corrected chi connectivity index (χ3v) is 4.43. The van der Waals surface area contributed by atoms with Crippen LogP contribution in [0.4, 0.5) is 5.69 Å². The Labute approximate surface area is 142 Å². The SMILES string of the molecule is Cl.N[C@@H]1CCN(C(=O)c2csc(-c3cccc([N+](=O)[O-])c3)n2)C1. The molecule has 1 fully saturated rings. The molecule has 1 saturated heterocycles. The molecule has 0 spiro atoms. The molecule has 2 N–H and O–H groups in total. The molecule has 0 radical (unpaired) electrons. The van der Waals surface area contributed by atoms with E-state index in [4.69, 9.17) is 5.73 Å². The first kappa shape index (κ1) is 17.3. The van der Waals surface area contributed by atoms with Crippen LogP contribution in [0.3, 0.4) is 0 Å². The fraction of sp³-hybridized carbons (Fsp3) is 0.286. The maximum absolute atomic E-state index is 12.3. The van der Waals surface area contributed by atoms with Crippen LogP contribution < -0.4 is 5.73 Å². The molecular weight excluding hydrogens is 340 g/mol. The second-order valence-electron chi connectivity index (χ2n) is 5.15. The van der Waals surface area contributed by atoms with Gasteiger partial charge < -0.3 is 10.6 Å². The highest BCUT2D eigenvalue weighted by atomic mass is 35.5. The van der Waals surface area contributed by atoms with Crippen molar-refractivity contribution in [2.45, 2.75) is 12.5 Å². The minimum atomic E-state index is -0.450. The van der Waals surface area contributed by atoms with E-state index in [0.29, 0.717) is 29.4 Å². The van der Waals surface area contributed by atoms with Gasteiger partial charge in [-0.25, -0.2) is 4.98 Å². The van der Waals surface area contributed by atoms with Crippen LogP contribution in [0.15, 0.2) is 29.6 Å². The van der Waals surface area contributed by atoms with Crippen molar-refractivity contribution >= 4 is 35.3 Å². The van der Waals surface area contributed by atoms with Crippen molar-refractivity contribution in [1.29, 1.82) is 0 Å². The van der Waals surface area contributed by atoms with Crippen LogP contribution in [-0.2, 0) is 0 Å². The molecule has 3 rings (SSSR count). The van der Waals surface area contributed by atoms with Crippen molar-refractivity contribution in [2.75, 3.05) is 13.1 Å². The van der Waals surface area contributed by atoms with Crippen LogP contribution >= 0.6 is 23.7 Å². The molecule has 0 bridgehead atoms. The third-order valence-electron chi connectivity index (χ3n) is 3.54. The lowest BCUT2D eigenvalue weighted by Gasteiger charge is -2.13. The molecule has 9 heteroatoms. The largest absolute Gasteiger partial charge is 0.336 e. The zero-order valence-corrected chi connectivity index (χ0v) is 13.7. The Morgan fingerprint density at radius 2 is 2.26 bits per heavy atom. The standard InChI is InChI=1S/C14H14N4O3S.ClH/c15-10-4-5-17(7-10)14(19)12-8-22-13(16-12)9-2-1-3-11(6-9)18(20)21;/h1-3,6,8,10H,4-5,7,15H2;1H/t10-;/m1./s1. The number of nitro benzene ring substituents is 1. The first-order valence-corrected chi connectivity index (χ1v) is 7.68. The van der Waals surface area contributed by atoms with Gasteiger partial charge in [-0.3, -0.25) is 14.9 Å². The predicted molar refractivity (Wildman–Crippen MR) is 89.9 cm³/mol. The number of thiazole rings is 1. The third kappa shape index (κ3) is 3.66. The van der Waals surface area contributed by atoms with Crippen molar-refractivity contribution in [3.05, 3.63) is 45.5 Å². The maximum atomic E-state index is 12.3. The highest BCUT2D eigenvalue weighted by molar-refractivity contribution is 7.13. The van der Waals surface area contributed by atoms with E-state index in [2.05, 4.69) is 4.98 Å². The van der Waals surface area contributed by atoms with Gasteiger partial charge in [0.05, 0.1) is 4.92 Å². The first-order valence-electron chi connectivity index (χ1n) is 6.80. The van der Waals surface area contributed by atoms with Crippen LogP contribution in [0.5, 0.6) is 0 Å². The number of non-ortho nitro benzene ring substituents is 1. The number of halogens is 1. The van der Waals surface area contributed by atoms with Gasteiger partial charge in [-0.1, -0.05) is 12.1 Å². The van der Waals surface area contributed by atoms with Crippen molar-refractivity contribution in [3.63, 3.8) is 0 Å². The molecule has 122 valence electrons. The topological polar surface area (TPSA) is 102 Å². The minimum absolute atomic E-state index is 0. The number of carbonyl (C=O) groups is 1. The lowest BCUT2D eigenvalue weighted by Crippen LogP contribution is -2.32. The number of amides is 1. The summed E-state index contributed by atoms with van der Waals surface area (Å²) in [5.41, 5.74) is 6.81. The maximum Gasteiger partial charge on any atom is 0.273 e. The van der Waals surface area contributed by atoms with Crippen LogP contribution in [-0.4, -0.2) is 39.8 Å². The molecule has 0 saturated carbocycles. The van der Waals surface area contributed by atoms with E-state index in [1.54, 1.807) is 22.4 Å². The fourth-order valence-electron chi connectivity index (χ4n) is 2.39. The first-order chi connectivity index (χ1) is 10.5. The van der Waals surface area contributed by atoms with Gasteiger partial charge >= 0.3 is 0 Å². The Bertz CT molecular complexity index is 736. The van der Waals surface area contributed by atoms with E-state index in [9.17, 15) is 14.9 Å². The van der Waals surface area contributed by atoms with Gasteiger partial charge in [-0.15, -0.1) is 23.7 Å². The minimum Gasteiger partial charge on any atom is -0.336 e. The van der Waals surface area contributed by atoms with Crippen LogP contribution in [0.25, 0.3) is 10.6 Å². The number of hydrogen-bond donors (Lipinski definition) is 1. The van der Waals surface area contributed by atoms with E-state index >= 15 is 0 Å². The zero-order chi connectivity index (χ0) is 15.7. The summed E-state index contributed by atoms with van der Waals surface area (Å²) >= 11 is 1.30. The Balaban J connectivity index is 0.00000192. The van der Waals surface area contributed by atoms with Gasteiger partial charge in [0.2, 0.25) is 0 Å². The molecule has 1 aromatic heterocycles. The van der Waals surface area contributed by atoms with E-state index in [-0.39, 0.29) is 30.0 Å². The quantitative estimate of drug-likeness (QED) is 0.673. The normalized spacial score (nSPS) is 16.9. The molecule has 1 aliphatic rings. The number of benzene rings is 1. The summed E-state index contributed by atoms with van der Waals surface area (Å²) in [7, 11) is 0. The molecule has 1 amide bonds. The summed E-state index contributed by atoms with van der Waals surface area (Å²) in [5, 5.41) is 13.1. The highest BCUT2D eigenvalue weighted by Gasteiger charge is 2.26. The van der Waals surface area contributed by atoms with Crippen LogP contribution in [0, 0.1) is 10.1 Å². The summed E-state index contributed by atoms with van der Waals surface area (Å²) in [5.74, 6) is -0.138. The Morgan fingerprint density at radius 3 is 2.91 bits per heavy atom. The lowest BCUT2D eigenvalue weighted by molar-refractivity contribution is -0.384. The monoisotopic (exact) mass is 354 g/mol. The molecule has 2 heterocycles. The van der Waals surface area contributed by atoms with Gasteiger partial charge in [-0.2, -0.15) is 0 Å². The summed E-state index contributed by atoms with van der Waals surface area (Å²) in [6, 6.07) is 6.26. The molecule has 1 aliphatic heterocycles. The second kappa shape index (κ2) is 7.03. The van der Waals surface area contributed by atoms with Gasteiger partial charge in [0.25, 0.3) is 11.6 Å².